The molecular weight excluding hydrogens is 220 g/mol. The number of aromatic hydroxyl groups is 1. The highest BCUT2D eigenvalue weighted by molar-refractivity contribution is 5.41. The van der Waals surface area contributed by atoms with Crippen LogP contribution in [0.25, 0.3) is 0 Å². The van der Waals surface area contributed by atoms with E-state index in [4.69, 9.17) is 9.26 Å². The Morgan fingerprint density at radius 1 is 1.35 bits per heavy atom. The summed E-state index contributed by atoms with van der Waals surface area (Å²) in [6.45, 7) is 1.28. The molecule has 0 fully saturated rings. The van der Waals surface area contributed by atoms with Gasteiger partial charge in [-0.3, -0.25) is 0 Å². The predicted octanol–water partition coefficient (Wildman–Crippen LogP) is 1.68. The maximum absolute atomic E-state index is 9.44. The van der Waals surface area contributed by atoms with Crippen molar-refractivity contribution < 1.29 is 14.4 Å². The van der Waals surface area contributed by atoms with Crippen LogP contribution in [0.4, 0.5) is 0 Å². The highest BCUT2D eigenvalue weighted by atomic mass is 16.5. The third-order valence-electron chi connectivity index (χ3n) is 2.36. The molecule has 1 aromatic heterocycles. The zero-order chi connectivity index (χ0) is 12.1. The van der Waals surface area contributed by atoms with Gasteiger partial charge in [0, 0.05) is 12.6 Å². The van der Waals surface area contributed by atoms with Gasteiger partial charge < -0.3 is 19.7 Å². The van der Waals surface area contributed by atoms with Crippen LogP contribution in [0.15, 0.2) is 35.0 Å². The average molecular weight is 234 g/mol. The summed E-state index contributed by atoms with van der Waals surface area (Å²) in [5.41, 5.74) is 1.03. The number of ether oxygens (including phenoxy) is 1. The Bertz CT molecular complexity index is 469. The molecule has 90 valence electrons. The number of methoxy groups -OCH3 is 1. The predicted molar refractivity (Wildman–Crippen MR) is 61.7 cm³/mol. The van der Waals surface area contributed by atoms with Gasteiger partial charge in [-0.15, -0.1) is 0 Å². The van der Waals surface area contributed by atoms with E-state index in [1.54, 1.807) is 18.3 Å². The third-order valence-corrected chi connectivity index (χ3v) is 2.36. The second kappa shape index (κ2) is 5.36. The molecule has 0 radical (unpaired) electrons. The molecule has 2 rings (SSSR count). The van der Waals surface area contributed by atoms with Crippen LogP contribution < -0.4 is 10.1 Å². The maximum Gasteiger partial charge on any atom is 0.160 e. The van der Waals surface area contributed by atoms with Crippen molar-refractivity contribution in [1.29, 1.82) is 0 Å². The van der Waals surface area contributed by atoms with Crippen LogP contribution in [0.2, 0.25) is 0 Å². The Morgan fingerprint density at radius 2 is 2.24 bits per heavy atom. The number of nitrogens with one attached hydrogen (secondary N) is 1. The Balaban J connectivity index is 1.90. The molecule has 0 spiro atoms. The van der Waals surface area contributed by atoms with Crippen LogP contribution in [0.5, 0.6) is 11.5 Å². The molecule has 0 aliphatic heterocycles. The number of benzene rings is 1. The number of rotatable bonds is 5. The molecule has 17 heavy (non-hydrogen) atoms. The normalized spacial score (nSPS) is 10.4. The molecule has 0 aliphatic carbocycles. The van der Waals surface area contributed by atoms with Gasteiger partial charge in [-0.05, 0) is 17.7 Å². The topological polar surface area (TPSA) is 67.5 Å². The van der Waals surface area contributed by atoms with E-state index in [1.807, 2.05) is 12.1 Å². The zero-order valence-corrected chi connectivity index (χ0v) is 9.51. The summed E-state index contributed by atoms with van der Waals surface area (Å²) in [4.78, 5) is 0. The molecule has 0 unspecified atom stereocenters. The molecule has 1 heterocycles. The highest BCUT2D eigenvalue weighted by Gasteiger charge is 2.03. The Labute approximate surface area is 99.0 Å². The van der Waals surface area contributed by atoms with Gasteiger partial charge in [0.15, 0.2) is 11.5 Å². The molecular formula is C12H14N2O3. The summed E-state index contributed by atoms with van der Waals surface area (Å²) in [5.74, 6) is 1.41. The summed E-state index contributed by atoms with van der Waals surface area (Å²) in [7, 11) is 1.53. The van der Waals surface area contributed by atoms with E-state index < -0.39 is 0 Å². The van der Waals surface area contributed by atoms with E-state index in [9.17, 15) is 5.11 Å². The summed E-state index contributed by atoms with van der Waals surface area (Å²) in [6.07, 6.45) is 1.61. The molecule has 0 bridgehead atoms. The quantitative estimate of drug-likeness (QED) is 0.823. The van der Waals surface area contributed by atoms with Gasteiger partial charge in [0.05, 0.1) is 19.9 Å². The standard InChI is InChI=1S/C12H14N2O3/c1-16-12-6-9(2-3-11(12)15)7-13-8-10-4-5-14-17-10/h2-6,13,15H,7-8H2,1H3. The number of phenols is 1. The fourth-order valence-corrected chi connectivity index (χ4v) is 1.50. The van der Waals surface area contributed by atoms with E-state index in [1.165, 1.54) is 7.11 Å². The van der Waals surface area contributed by atoms with Crippen LogP contribution in [0.3, 0.4) is 0 Å². The second-order valence-electron chi connectivity index (χ2n) is 3.59. The fraction of sp³-hybridized carbons (Fsp3) is 0.250. The number of hydrogen-bond donors (Lipinski definition) is 2. The molecule has 0 aliphatic rings. The monoisotopic (exact) mass is 234 g/mol. The van der Waals surface area contributed by atoms with Crippen LogP contribution in [0, 0.1) is 0 Å². The first-order valence-corrected chi connectivity index (χ1v) is 5.26. The van der Waals surface area contributed by atoms with Crippen LogP contribution in [-0.4, -0.2) is 17.4 Å². The average Bonchev–Trinajstić information content (AvgIpc) is 2.84. The minimum Gasteiger partial charge on any atom is -0.504 e. The van der Waals surface area contributed by atoms with Gasteiger partial charge in [0.25, 0.3) is 0 Å². The summed E-state index contributed by atoms with van der Waals surface area (Å²) < 4.78 is 9.99. The first kappa shape index (κ1) is 11.5. The van der Waals surface area contributed by atoms with Crippen molar-refractivity contribution in [3.05, 3.63) is 41.8 Å². The van der Waals surface area contributed by atoms with Crippen molar-refractivity contribution in [2.24, 2.45) is 0 Å². The van der Waals surface area contributed by atoms with Crippen LogP contribution in [-0.2, 0) is 13.1 Å². The SMILES string of the molecule is COc1cc(CNCc2ccno2)ccc1O. The summed E-state index contributed by atoms with van der Waals surface area (Å²) in [5, 5.41) is 16.3. The fourth-order valence-electron chi connectivity index (χ4n) is 1.50. The molecule has 2 N–H and O–H groups in total. The number of nitrogens with zero attached hydrogens (tertiary/aromatic N) is 1. The third kappa shape index (κ3) is 2.98. The number of aromatic nitrogens is 1. The van der Waals surface area contributed by atoms with Crippen molar-refractivity contribution in [1.82, 2.24) is 10.5 Å². The first-order chi connectivity index (χ1) is 8.29. The molecule has 1 aromatic carbocycles. The van der Waals surface area contributed by atoms with Gasteiger partial charge in [-0.25, -0.2) is 0 Å². The number of phenolic OH excluding ortho intramolecular Hbond substituents is 1. The Kier molecular flexibility index (Phi) is 3.62. The molecule has 2 aromatic rings. The van der Waals surface area contributed by atoms with Gasteiger partial charge in [0.1, 0.15) is 5.76 Å². The Morgan fingerprint density at radius 3 is 2.94 bits per heavy atom. The van der Waals surface area contributed by atoms with Gasteiger partial charge in [-0.2, -0.15) is 0 Å². The summed E-state index contributed by atoms with van der Waals surface area (Å²) in [6, 6.07) is 7.06. The molecule has 5 heteroatoms. The molecule has 5 nitrogen and oxygen atoms in total. The van der Waals surface area contributed by atoms with Crippen molar-refractivity contribution in [2.45, 2.75) is 13.1 Å². The first-order valence-electron chi connectivity index (χ1n) is 5.26. The molecule has 0 saturated heterocycles. The summed E-state index contributed by atoms with van der Waals surface area (Å²) >= 11 is 0. The molecule has 0 atom stereocenters. The lowest BCUT2D eigenvalue weighted by molar-refractivity contribution is 0.369. The van der Waals surface area contributed by atoms with E-state index in [0.29, 0.717) is 18.8 Å². The van der Waals surface area contributed by atoms with Gasteiger partial charge in [0.2, 0.25) is 0 Å². The van der Waals surface area contributed by atoms with Crippen LogP contribution >= 0.6 is 0 Å². The smallest absolute Gasteiger partial charge is 0.160 e. The van der Waals surface area contributed by atoms with Crippen molar-refractivity contribution >= 4 is 0 Å². The van der Waals surface area contributed by atoms with Crippen molar-refractivity contribution in [3.8, 4) is 11.5 Å². The lowest BCUT2D eigenvalue weighted by atomic mass is 10.2. The van der Waals surface area contributed by atoms with Crippen LogP contribution in [0.1, 0.15) is 11.3 Å². The van der Waals surface area contributed by atoms with E-state index >= 15 is 0 Å². The van der Waals surface area contributed by atoms with Crippen molar-refractivity contribution in [3.63, 3.8) is 0 Å². The maximum atomic E-state index is 9.44. The molecule has 0 saturated carbocycles. The van der Waals surface area contributed by atoms with Gasteiger partial charge >= 0.3 is 0 Å². The largest absolute Gasteiger partial charge is 0.504 e. The van der Waals surface area contributed by atoms with E-state index in [-0.39, 0.29) is 5.75 Å². The number of hydrogen-bond acceptors (Lipinski definition) is 5. The minimum absolute atomic E-state index is 0.145. The van der Waals surface area contributed by atoms with E-state index in [0.717, 1.165) is 11.3 Å². The van der Waals surface area contributed by atoms with E-state index in [2.05, 4.69) is 10.5 Å². The molecule has 0 amide bonds. The van der Waals surface area contributed by atoms with Gasteiger partial charge in [-0.1, -0.05) is 11.2 Å². The highest BCUT2D eigenvalue weighted by Crippen LogP contribution is 2.26. The lowest BCUT2D eigenvalue weighted by Crippen LogP contribution is -2.12. The Hall–Kier alpha value is -2.01. The zero-order valence-electron chi connectivity index (χ0n) is 9.51. The van der Waals surface area contributed by atoms with Crippen molar-refractivity contribution in [2.75, 3.05) is 7.11 Å². The minimum atomic E-state index is 0.145. The lowest BCUT2D eigenvalue weighted by Gasteiger charge is -2.07. The second-order valence-corrected chi connectivity index (χ2v) is 3.59.